The fourth-order valence-corrected chi connectivity index (χ4v) is 4.04. The minimum absolute atomic E-state index is 0.0303. The number of hydrogen-bond acceptors (Lipinski definition) is 6. The van der Waals surface area contributed by atoms with Gasteiger partial charge in [-0.05, 0) is 46.1 Å². The zero-order chi connectivity index (χ0) is 28.7. The SMILES string of the molecule is CCOC(=O)C[C@H](CC(=O)CNC(=O)c1cncc(CC(=N)N)c1)c1cc(C(C)(C)C)cc(C(C)(C)C)c1. The first-order valence-corrected chi connectivity index (χ1v) is 13.0. The van der Waals surface area contributed by atoms with Crippen LogP contribution in [0.1, 0.15) is 99.8 Å². The second kappa shape index (κ2) is 12.8. The van der Waals surface area contributed by atoms with Gasteiger partial charge in [-0.25, -0.2) is 0 Å². The Morgan fingerprint density at radius 3 is 2.11 bits per heavy atom. The van der Waals surface area contributed by atoms with Crippen LogP contribution in [0.15, 0.2) is 36.7 Å². The van der Waals surface area contributed by atoms with Crippen LogP contribution in [0.5, 0.6) is 0 Å². The molecule has 0 saturated heterocycles. The van der Waals surface area contributed by atoms with Gasteiger partial charge in [0.1, 0.15) is 0 Å². The molecular weight excluding hydrogens is 480 g/mol. The van der Waals surface area contributed by atoms with E-state index in [1.165, 1.54) is 6.20 Å². The molecule has 2 aromatic rings. The molecule has 0 spiro atoms. The molecule has 8 heteroatoms. The monoisotopic (exact) mass is 522 g/mol. The van der Waals surface area contributed by atoms with Gasteiger partial charge in [0.05, 0.1) is 31.0 Å². The van der Waals surface area contributed by atoms with Gasteiger partial charge in [-0.1, -0.05) is 59.7 Å². The summed E-state index contributed by atoms with van der Waals surface area (Å²) in [7, 11) is 0. The Morgan fingerprint density at radius 2 is 1.58 bits per heavy atom. The Morgan fingerprint density at radius 1 is 0.974 bits per heavy atom. The van der Waals surface area contributed by atoms with Crippen molar-refractivity contribution in [1.29, 1.82) is 5.41 Å². The Bertz CT molecular complexity index is 1140. The summed E-state index contributed by atoms with van der Waals surface area (Å²) >= 11 is 0. The zero-order valence-electron chi connectivity index (χ0n) is 23.7. The second-order valence-electron chi connectivity index (χ2n) is 11.8. The molecule has 1 amide bonds. The molecule has 8 nitrogen and oxygen atoms in total. The molecule has 0 unspecified atom stereocenters. The number of aromatic nitrogens is 1. The van der Waals surface area contributed by atoms with E-state index in [1.807, 2.05) is 0 Å². The quantitative estimate of drug-likeness (QED) is 0.225. The van der Waals surface area contributed by atoms with Crippen molar-refractivity contribution in [2.24, 2.45) is 5.73 Å². The number of ketones is 1. The Hall–Kier alpha value is -3.55. The zero-order valence-corrected chi connectivity index (χ0v) is 23.7. The first-order valence-electron chi connectivity index (χ1n) is 13.0. The lowest BCUT2D eigenvalue weighted by molar-refractivity contribution is -0.143. The molecule has 1 aromatic carbocycles. The smallest absolute Gasteiger partial charge is 0.306 e. The van der Waals surface area contributed by atoms with E-state index in [0.717, 1.165) is 16.7 Å². The lowest BCUT2D eigenvalue weighted by atomic mass is 9.77. The summed E-state index contributed by atoms with van der Waals surface area (Å²) in [6, 6.07) is 7.96. The standard InChI is InChI=1S/C30H42N4O4/c1-8-38-27(36)14-21(20-11-23(29(2,3)4)15-24(12-20)30(5,6)7)13-25(35)18-34-28(37)22-9-19(10-26(31)32)16-33-17-22/h9,11-12,15-17,21H,8,10,13-14,18H2,1-7H3,(H3,31,32)(H,34,37)/t21-/m0/s1. The normalized spacial score (nSPS) is 12.5. The molecule has 1 aromatic heterocycles. The molecule has 0 aliphatic heterocycles. The van der Waals surface area contributed by atoms with E-state index in [-0.39, 0.29) is 72.3 Å². The van der Waals surface area contributed by atoms with Gasteiger partial charge in [-0.3, -0.25) is 24.8 Å². The molecule has 0 saturated carbocycles. The average molecular weight is 523 g/mol. The number of nitrogens with zero attached hydrogens (tertiary/aromatic N) is 1. The van der Waals surface area contributed by atoms with Crippen molar-refractivity contribution >= 4 is 23.5 Å². The first kappa shape index (κ1) is 30.7. The molecule has 0 bridgehead atoms. The molecule has 0 aliphatic carbocycles. The largest absolute Gasteiger partial charge is 0.466 e. The van der Waals surface area contributed by atoms with Gasteiger partial charge in [0.15, 0.2) is 5.78 Å². The van der Waals surface area contributed by atoms with Gasteiger partial charge in [0.2, 0.25) is 0 Å². The average Bonchev–Trinajstić information content (AvgIpc) is 2.80. The van der Waals surface area contributed by atoms with E-state index < -0.39 is 5.91 Å². The molecule has 38 heavy (non-hydrogen) atoms. The van der Waals surface area contributed by atoms with Crippen LogP contribution in [-0.4, -0.2) is 41.6 Å². The number of nitrogens with one attached hydrogen (secondary N) is 2. The lowest BCUT2D eigenvalue weighted by Crippen LogP contribution is -2.31. The van der Waals surface area contributed by atoms with E-state index >= 15 is 0 Å². The van der Waals surface area contributed by atoms with Crippen molar-refractivity contribution < 1.29 is 19.1 Å². The van der Waals surface area contributed by atoms with Gasteiger partial charge in [0.25, 0.3) is 5.91 Å². The van der Waals surface area contributed by atoms with E-state index in [9.17, 15) is 14.4 Å². The summed E-state index contributed by atoms with van der Waals surface area (Å²) < 4.78 is 5.21. The number of Topliss-reactive ketones (excluding diaryl/α,β-unsaturated/α-hetero) is 1. The van der Waals surface area contributed by atoms with Crippen LogP contribution < -0.4 is 11.1 Å². The number of benzene rings is 1. The van der Waals surface area contributed by atoms with E-state index in [1.54, 1.807) is 19.2 Å². The van der Waals surface area contributed by atoms with E-state index in [2.05, 4.69) is 70.0 Å². The van der Waals surface area contributed by atoms with Crippen molar-refractivity contribution in [2.45, 2.75) is 84.5 Å². The van der Waals surface area contributed by atoms with Crippen LogP contribution in [0.4, 0.5) is 0 Å². The highest BCUT2D eigenvalue weighted by Crippen LogP contribution is 2.35. The highest BCUT2D eigenvalue weighted by atomic mass is 16.5. The fraction of sp³-hybridized carbons (Fsp3) is 0.500. The molecular formula is C30H42N4O4. The van der Waals surface area contributed by atoms with Crippen molar-refractivity contribution in [3.05, 3.63) is 64.5 Å². The van der Waals surface area contributed by atoms with Gasteiger partial charge >= 0.3 is 5.97 Å². The van der Waals surface area contributed by atoms with Crippen LogP contribution in [0.2, 0.25) is 0 Å². The number of hydrogen-bond donors (Lipinski definition) is 3. The number of ether oxygens (including phenoxy) is 1. The summed E-state index contributed by atoms with van der Waals surface area (Å²) in [5.41, 5.74) is 9.30. The highest BCUT2D eigenvalue weighted by molar-refractivity contribution is 5.97. The maximum atomic E-state index is 13.1. The van der Waals surface area contributed by atoms with Crippen LogP contribution in [0.3, 0.4) is 0 Å². The molecule has 1 atom stereocenters. The number of nitrogens with two attached hydrogens (primary N) is 1. The molecule has 0 aliphatic rings. The van der Waals surface area contributed by atoms with Crippen molar-refractivity contribution in [3.8, 4) is 0 Å². The number of esters is 1. The topological polar surface area (TPSA) is 135 Å². The third kappa shape index (κ3) is 9.39. The molecule has 206 valence electrons. The minimum atomic E-state index is -0.442. The maximum Gasteiger partial charge on any atom is 0.306 e. The molecule has 2 rings (SSSR count). The van der Waals surface area contributed by atoms with Crippen LogP contribution >= 0.6 is 0 Å². The number of amidine groups is 1. The van der Waals surface area contributed by atoms with Crippen LogP contribution in [0, 0.1) is 5.41 Å². The maximum absolute atomic E-state index is 13.1. The lowest BCUT2D eigenvalue weighted by Gasteiger charge is -2.28. The number of pyridine rings is 1. The minimum Gasteiger partial charge on any atom is -0.466 e. The van der Waals surface area contributed by atoms with Gasteiger partial charge in [-0.15, -0.1) is 0 Å². The van der Waals surface area contributed by atoms with Gasteiger partial charge in [-0.2, -0.15) is 0 Å². The number of rotatable bonds is 11. The summed E-state index contributed by atoms with van der Waals surface area (Å²) in [5, 5.41) is 10.1. The summed E-state index contributed by atoms with van der Waals surface area (Å²) in [4.78, 5) is 42.2. The van der Waals surface area contributed by atoms with Crippen LogP contribution in [-0.2, 0) is 31.6 Å². The van der Waals surface area contributed by atoms with Crippen molar-refractivity contribution in [2.75, 3.05) is 13.2 Å². The number of carbonyl (C=O) groups excluding carboxylic acids is 3. The highest BCUT2D eigenvalue weighted by Gasteiger charge is 2.26. The summed E-state index contributed by atoms with van der Waals surface area (Å²) in [6.45, 7) is 14.7. The van der Waals surface area contributed by atoms with E-state index in [0.29, 0.717) is 5.56 Å². The number of amides is 1. The molecule has 0 radical (unpaired) electrons. The second-order valence-corrected chi connectivity index (χ2v) is 11.8. The molecule has 4 N–H and O–H groups in total. The Balaban J connectivity index is 2.27. The molecule has 1 heterocycles. The number of carbonyl (C=O) groups is 3. The van der Waals surface area contributed by atoms with Gasteiger partial charge in [0, 0.05) is 31.2 Å². The fourth-order valence-electron chi connectivity index (χ4n) is 4.04. The Kier molecular flexibility index (Phi) is 10.3. The predicted molar refractivity (Wildman–Crippen MR) is 150 cm³/mol. The van der Waals surface area contributed by atoms with Crippen molar-refractivity contribution in [3.63, 3.8) is 0 Å². The van der Waals surface area contributed by atoms with Gasteiger partial charge < -0.3 is 15.8 Å². The van der Waals surface area contributed by atoms with Crippen LogP contribution in [0.25, 0.3) is 0 Å². The third-order valence-electron chi connectivity index (χ3n) is 6.25. The Labute approximate surface area is 226 Å². The first-order chi connectivity index (χ1) is 17.6. The predicted octanol–water partition coefficient (Wildman–Crippen LogP) is 4.58. The molecule has 0 fully saturated rings. The van der Waals surface area contributed by atoms with E-state index in [4.69, 9.17) is 15.9 Å². The summed E-state index contributed by atoms with van der Waals surface area (Å²) in [5.74, 6) is -1.41. The third-order valence-corrected chi connectivity index (χ3v) is 6.25. The van der Waals surface area contributed by atoms with Crippen molar-refractivity contribution in [1.82, 2.24) is 10.3 Å². The summed E-state index contributed by atoms with van der Waals surface area (Å²) in [6.07, 6.45) is 3.29.